The number of aryl methyl sites for hydroxylation is 1. The van der Waals surface area contributed by atoms with Crippen LogP contribution in [0.2, 0.25) is 0 Å². The van der Waals surface area contributed by atoms with Crippen molar-refractivity contribution in [2.45, 2.75) is 32.4 Å². The number of hydrogen-bond acceptors (Lipinski definition) is 4. The Morgan fingerprint density at radius 3 is 2.28 bits per heavy atom. The standard InChI is InChI=1S/C20H27NO3.ClH/c1-4-16-9-11-17(12-10-16)15(2)21-13-18(22)14-24-20-8-6-5-7-19(20)23-3;/h5-12,15,18,21-22H,4,13-14H2,1-3H3;1H. The van der Waals surface area contributed by atoms with Gasteiger partial charge in [0.1, 0.15) is 12.7 Å². The van der Waals surface area contributed by atoms with Crippen LogP contribution in [-0.4, -0.2) is 31.5 Å². The molecule has 2 N–H and O–H groups in total. The first-order valence-electron chi connectivity index (χ1n) is 8.40. The molecule has 0 saturated heterocycles. The summed E-state index contributed by atoms with van der Waals surface area (Å²) >= 11 is 0. The molecule has 2 unspecified atom stereocenters. The molecule has 0 heterocycles. The van der Waals surface area contributed by atoms with E-state index in [0.717, 1.165) is 6.42 Å². The fourth-order valence-corrected chi connectivity index (χ4v) is 2.46. The van der Waals surface area contributed by atoms with Crippen LogP contribution in [0, 0.1) is 0 Å². The van der Waals surface area contributed by atoms with Crippen LogP contribution in [0.4, 0.5) is 0 Å². The minimum Gasteiger partial charge on any atom is -0.493 e. The highest BCUT2D eigenvalue weighted by Gasteiger charge is 2.11. The van der Waals surface area contributed by atoms with Crippen LogP contribution in [0.25, 0.3) is 0 Å². The van der Waals surface area contributed by atoms with Crippen molar-refractivity contribution in [2.75, 3.05) is 20.3 Å². The summed E-state index contributed by atoms with van der Waals surface area (Å²) in [5, 5.41) is 13.5. The summed E-state index contributed by atoms with van der Waals surface area (Å²) in [5.41, 5.74) is 2.54. The highest BCUT2D eigenvalue weighted by atomic mass is 35.5. The van der Waals surface area contributed by atoms with Crippen LogP contribution >= 0.6 is 12.4 Å². The van der Waals surface area contributed by atoms with E-state index in [1.807, 2.05) is 24.3 Å². The predicted octanol–water partition coefficient (Wildman–Crippen LogP) is 3.77. The third-order valence-corrected chi connectivity index (χ3v) is 4.05. The molecule has 0 fully saturated rings. The summed E-state index contributed by atoms with van der Waals surface area (Å²) in [4.78, 5) is 0. The van der Waals surface area contributed by atoms with E-state index >= 15 is 0 Å². The van der Waals surface area contributed by atoms with Crippen molar-refractivity contribution in [3.63, 3.8) is 0 Å². The topological polar surface area (TPSA) is 50.7 Å². The van der Waals surface area contributed by atoms with Gasteiger partial charge < -0.3 is 19.9 Å². The largest absolute Gasteiger partial charge is 0.493 e. The lowest BCUT2D eigenvalue weighted by molar-refractivity contribution is 0.102. The maximum Gasteiger partial charge on any atom is 0.161 e. The van der Waals surface area contributed by atoms with Gasteiger partial charge in [0.15, 0.2) is 11.5 Å². The number of halogens is 1. The number of nitrogens with one attached hydrogen (secondary N) is 1. The Bertz CT molecular complexity index is 619. The van der Waals surface area contributed by atoms with Crippen molar-refractivity contribution >= 4 is 12.4 Å². The van der Waals surface area contributed by atoms with Crippen molar-refractivity contribution < 1.29 is 14.6 Å². The van der Waals surface area contributed by atoms with Gasteiger partial charge in [-0.25, -0.2) is 0 Å². The van der Waals surface area contributed by atoms with Gasteiger partial charge in [-0.2, -0.15) is 0 Å². The van der Waals surface area contributed by atoms with Gasteiger partial charge in [0.25, 0.3) is 0 Å². The van der Waals surface area contributed by atoms with Crippen LogP contribution in [0.5, 0.6) is 11.5 Å². The Balaban J connectivity index is 0.00000312. The van der Waals surface area contributed by atoms with Crippen molar-refractivity contribution in [3.05, 3.63) is 59.7 Å². The van der Waals surface area contributed by atoms with Gasteiger partial charge in [0, 0.05) is 12.6 Å². The van der Waals surface area contributed by atoms with Gasteiger partial charge in [0.05, 0.1) is 7.11 Å². The number of aliphatic hydroxyl groups excluding tert-OH is 1. The van der Waals surface area contributed by atoms with E-state index in [-0.39, 0.29) is 25.1 Å². The normalized spacial score (nSPS) is 12.8. The summed E-state index contributed by atoms with van der Waals surface area (Å²) in [6.45, 7) is 4.92. The predicted molar refractivity (Wildman–Crippen MR) is 104 cm³/mol. The molecule has 2 aromatic rings. The Kier molecular flexibility index (Phi) is 9.35. The lowest BCUT2D eigenvalue weighted by Crippen LogP contribution is -2.33. The van der Waals surface area contributed by atoms with Gasteiger partial charge in [0.2, 0.25) is 0 Å². The van der Waals surface area contributed by atoms with Crippen molar-refractivity contribution in [1.82, 2.24) is 5.32 Å². The van der Waals surface area contributed by atoms with E-state index in [0.29, 0.717) is 18.0 Å². The first-order valence-corrected chi connectivity index (χ1v) is 8.40. The second kappa shape index (κ2) is 11.0. The second-order valence-electron chi connectivity index (χ2n) is 5.84. The molecule has 25 heavy (non-hydrogen) atoms. The molecule has 0 spiro atoms. The molecule has 0 aromatic heterocycles. The molecule has 0 aliphatic heterocycles. The van der Waals surface area contributed by atoms with Crippen LogP contribution in [0.1, 0.15) is 31.0 Å². The highest BCUT2D eigenvalue weighted by molar-refractivity contribution is 5.85. The molecule has 2 aromatic carbocycles. The molecule has 0 amide bonds. The Morgan fingerprint density at radius 1 is 1.04 bits per heavy atom. The smallest absolute Gasteiger partial charge is 0.161 e. The van der Waals surface area contributed by atoms with Crippen molar-refractivity contribution in [2.24, 2.45) is 0 Å². The summed E-state index contributed by atoms with van der Waals surface area (Å²) in [5.74, 6) is 1.31. The lowest BCUT2D eigenvalue weighted by atomic mass is 10.0. The van der Waals surface area contributed by atoms with Gasteiger partial charge in [-0.3, -0.25) is 0 Å². The first kappa shape index (κ1) is 21.3. The molecule has 0 bridgehead atoms. The van der Waals surface area contributed by atoms with Crippen LogP contribution < -0.4 is 14.8 Å². The molecule has 2 rings (SSSR count). The fraction of sp³-hybridized carbons (Fsp3) is 0.400. The molecule has 0 saturated carbocycles. The molecule has 0 radical (unpaired) electrons. The van der Waals surface area contributed by atoms with E-state index in [1.165, 1.54) is 11.1 Å². The van der Waals surface area contributed by atoms with Crippen molar-refractivity contribution in [3.8, 4) is 11.5 Å². The number of rotatable bonds is 9. The first-order chi connectivity index (χ1) is 11.6. The van der Waals surface area contributed by atoms with Crippen LogP contribution in [-0.2, 0) is 6.42 Å². The number of methoxy groups -OCH3 is 1. The number of para-hydroxylation sites is 2. The maximum absolute atomic E-state index is 10.1. The minimum absolute atomic E-state index is 0. The summed E-state index contributed by atoms with van der Waals surface area (Å²) in [7, 11) is 1.60. The molecule has 138 valence electrons. The zero-order valence-electron chi connectivity index (χ0n) is 15.1. The van der Waals surface area contributed by atoms with E-state index in [1.54, 1.807) is 7.11 Å². The number of ether oxygens (including phenoxy) is 2. The second-order valence-corrected chi connectivity index (χ2v) is 5.84. The quantitative estimate of drug-likeness (QED) is 0.710. The fourth-order valence-electron chi connectivity index (χ4n) is 2.46. The maximum atomic E-state index is 10.1. The monoisotopic (exact) mass is 365 g/mol. The average Bonchev–Trinajstić information content (AvgIpc) is 2.64. The third-order valence-electron chi connectivity index (χ3n) is 4.05. The summed E-state index contributed by atoms with van der Waals surface area (Å²) < 4.78 is 10.9. The molecule has 0 aliphatic carbocycles. The van der Waals surface area contributed by atoms with E-state index in [9.17, 15) is 5.11 Å². The van der Waals surface area contributed by atoms with Gasteiger partial charge in [-0.15, -0.1) is 12.4 Å². The van der Waals surface area contributed by atoms with Gasteiger partial charge in [-0.1, -0.05) is 43.3 Å². The molecule has 2 atom stereocenters. The lowest BCUT2D eigenvalue weighted by Gasteiger charge is -2.18. The Hall–Kier alpha value is -1.75. The zero-order valence-corrected chi connectivity index (χ0v) is 15.9. The van der Waals surface area contributed by atoms with Crippen LogP contribution in [0.3, 0.4) is 0 Å². The molecule has 0 aliphatic rings. The molecule has 4 nitrogen and oxygen atoms in total. The van der Waals surface area contributed by atoms with Crippen molar-refractivity contribution in [1.29, 1.82) is 0 Å². The summed E-state index contributed by atoms with van der Waals surface area (Å²) in [6, 6.07) is 16.2. The van der Waals surface area contributed by atoms with E-state index < -0.39 is 6.10 Å². The minimum atomic E-state index is -0.590. The SMILES string of the molecule is CCc1ccc(C(C)NCC(O)COc2ccccc2OC)cc1.Cl. The zero-order chi connectivity index (χ0) is 17.4. The molecule has 5 heteroatoms. The Labute approximate surface area is 156 Å². The number of hydrogen-bond donors (Lipinski definition) is 2. The third kappa shape index (κ3) is 6.58. The average molecular weight is 366 g/mol. The van der Waals surface area contributed by atoms with E-state index in [4.69, 9.17) is 9.47 Å². The van der Waals surface area contributed by atoms with Crippen LogP contribution in [0.15, 0.2) is 48.5 Å². The van der Waals surface area contributed by atoms with E-state index in [2.05, 4.69) is 43.4 Å². The number of benzene rings is 2. The number of aliphatic hydroxyl groups is 1. The summed E-state index contributed by atoms with van der Waals surface area (Å²) in [6.07, 6.45) is 0.452. The van der Waals surface area contributed by atoms with Gasteiger partial charge in [-0.05, 0) is 36.6 Å². The molecular weight excluding hydrogens is 338 g/mol. The highest BCUT2D eigenvalue weighted by Crippen LogP contribution is 2.25. The Morgan fingerprint density at radius 2 is 1.68 bits per heavy atom. The van der Waals surface area contributed by atoms with Gasteiger partial charge >= 0.3 is 0 Å². The molecular formula is C20H28ClNO3.